The third-order valence-corrected chi connectivity index (χ3v) is 5.20. The molecule has 1 amide bonds. The summed E-state index contributed by atoms with van der Waals surface area (Å²) in [6.07, 6.45) is 1.78. The molecule has 1 saturated heterocycles. The number of amides is 1. The molecule has 2 heterocycles. The Labute approximate surface area is 125 Å². The number of aromatic nitrogens is 1. The molecule has 116 valence electrons. The number of rotatable bonds is 4. The van der Waals surface area contributed by atoms with Crippen molar-refractivity contribution < 1.29 is 13.2 Å². The van der Waals surface area contributed by atoms with Gasteiger partial charge in [-0.15, -0.1) is 0 Å². The first-order chi connectivity index (χ1) is 9.85. The third kappa shape index (κ3) is 4.78. The Balaban J connectivity index is 1.84. The molecule has 1 aromatic heterocycles. The van der Waals surface area contributed by atoms with Crippen molar-refractivity contribution in [1.29, 1.82) is 0 Å². The van der Waals surface area contributed by atoms with E-state index in [4.69, 9.17) is 0 Å². The van der Waals surface area contributed by atoms with Crippen molar-refractivity contribution in [3.63, 3.8) is 0 Å². The zero-order valence-corrected chi connectivity index (χ0v) is 13.3. The molecular weight excluding hydrogens is 290 g/mol. The van der Waals surface area contributed by atoms with Crippen LogP contribution in [0, 0.1) is 6.92 Å². The third-order valence-electron chi connectivity index (χ3n) is 3.59. The largest absolute Gasteiger partial charge is 0.339 e. The van der Waals surface area contributed by atoms with Gasteiger partial charge in [0.15, 0.2) is 9.84 Å². The maximum Gasteiger partial charge on any atom is 0.236 e. The summed E-state index contributed by atoms with van der Waals surface area (Å²) in [6, 6.07) is 3.88. The molecular formula is C14H21N3O3S. The molecule has 6 nitrogen and oxygen atoms in total. The Morgan fingerprint density at radius 3 is 2.57 bits per heavy atom. The zero-order chi connectivity index (χ0) is 15.5. The van der Waals surface area contributed by atoms with Crippen molar-refractivity contribution in [2.24, 2.45) is 0 Å². The summed E-state index contributed by atoms with van der Waals surface area (Å²) in [6.45, 7) is 3.56. The Hall–Kier alpha value is -1.47. The molecule has 0 bridgehead atoms. The molecule has 2 rings (SSSR count). The van der Waals surface area contributed by atoms with Crippen molar-refractivity contribution in [2.75, 3.05) is 38.2 Å². The molecule has 0 saturated carbocycles. The van der Waals surface area contributed by atoms with E-state index in [0.29, 0.717) is 19.6 Å². The molecule has 0 atom stereocenters. The van der Waals surface area contributed by atoms with Gasteiger partial charge in [-0.2, -0.15) is 0 Å². The fourth-order valence-corrected chi connectivity index (χ4v) is 3.42. The number of sulfone groups is 1. The minimum atomic E-state index is -2.90. The Kier molecular flexibility index (Phi) is 4.95. The lowest BCUT2D eigenvalue weighted by Gasteiger charge is -2.27. The molecule has 0 N–H and O–H groups in total. The summed E-state index contributed by atoms with van der Waals surface area (Å²) in [4.78, 5) is 19.9. The van der Waals surface area contributed by atoms with Crippen LogP contribution < -0.4 is 0 Å². The summed E-state index contributed by atoms with van der Waals surface area (Å²) < 4.78 is 22.7. The summed E-state index contributed by atoms with van der Waals surface area (Å²) >= 11 is 0. The molecule has 0 aromatic carbocycles. The van der Waals surface area contributed by atoms with Crippen molar-refractivity contribution >= 4 is 15.7 Å². The van der Waals surface area contributed by atoms with Crippen LogP contribution in [0.2, 0.25) is 0 Å². The number of carbonyl (C=O) groups is 1. The number of hydrogen-bond acceptors (Lipinski definition) is 5. The highest BCUT2D eigenvalue weighted by atomic mass is 32.2. The lowest BCUT2D eigenvalue weighted by Crippen LogP contribution is -2.45. The number of carbonyl (C=O) groups excluding carboxylic acids is 1. The van der Waals surface area contributed by atoms with E-state index < -0.39 is 9.84 Å². The van der Waals surface area contributed by atoms with Gasteiger partial charge in [0.1, 0.15) is 0 Å². The highest BCUT2D eigenvalue weighted by Gasteiger charge is 2.24. The Morgan fingerprint density at radius 2 is 2.00 bits per heavy atom. The van der Waals surface area contributed by atoms with Gasteiger partial charge in [-0.25, -0.2) is 8.42 Å². The molecule has 1 aliphatic heterocycles. The quantitative estimate of drug-likeness (QED) is 0.787. The maximum atomic E-state index is 12.2. The fourth-order valence-electron chi connectivity index (χ4n) is 2.14. The minimum absolute atomic E-state index is 0.0170. The van der Waals surface area contributed by atoms with Crippen LogP contribution in [0.15, 0.2) is 18.3 Å². The summed E-state index contributed by atoms with van der Waals surface area (Å²) in [5, 5.41) is 0. The van der Waals surface area contributed by atoms with E-state index in [1.54, 1.807) is 18.1 Å². The number of aryl methyl sites for hydroxylation is 1. The minimum Gasteiger partial charge on any atom is -0.339 e. The lowest BCUT2D eigenvalue weighted by atomic mass is 10.2. The van der Waals surface area contributed by atoms with Gasteiger partial charge in [-0.3, -0.25) is 14.7 Å². The number of pyridine rings is 1. The zero-order valence-electron chi connectivity index (χ0n) is 12.4. The molecule has 0 spiro atoms. The highest BCUT2D eigenvalue weighted by molar-refractivity contribution is 7.91. The Bertz CT molecular complexity index is 584. The monoisotopic (exact) mass is 311 g/mol. The first-order valence-corrected chi connectivity index (χ1v) is 8.76. The molecule has 1 aliphatic rings. The molecule has 1 aromatic rings. The average molecular weight is 311 g/mol. The molecule has 21 heavy (non-hydrogen) atoms. The van der Waals surface area contributed by atoms with E-state index in [1.165, 1.54) is 0 Å². The van der Waals surface area contributed by atoms with E-state index in [0.717, 1.165) is 11.3 Å². The van der Waals surface area contributed by atoms with Crippen LogP contribution in [0.4, 0.5) is 0 Å². The van der Waals surface area contributed by atoms with Crippen molar-refractivity contribution in [2.45, 2.75) is 13.5 Å². The fraction of sp³-hybridized carbons (Fsp3) is 0.571. The molecule has 0 unspecified atom stereocenters. The van der Waals surface area contributed by atoms with Crippen LogP contribution in [0.25, 0.3) is 0 Å². The predicted octanol–water partition coefficient (Wildman–Crippen LogP) is 0.0788. The molecule has 7 heteroatoms. The second-order valence-electron chi connectivity index (χ2n) is 5.50. The van der Waals surface area contributed by atoms with Gasteiger partial charge >= 0.3 is 0 Å². The average Bonchev–Trinajstić information content (AvgIpc) is 2.43. The molecule has 0 radical (unpaired) electrons. The van der Waals surface area contributed by atoms with Gasteiger partial charge in [0.25, 0.3) is 0 Å². The van der Waals surface area contributed by atoms with E-state index in [1.807, 2.05) is 24.0 Å². The van der Waals surface area contributed by atoms with Gasteiger partial charge in [0.2, 0.25) is 5.91 Å². The number of hydrogen-bond donors (Lipinski definition) is 0. The maximum absolute atomic E-state index is 12.2. The summed E-state index contributed by atoms with van der Waals surface area (Å²) in [7, 11) is -1.16. The smallest absolute Gasteiger partial charge is 0.236 e. The normalized spacial score (nSPS) is 18.4. The van der Waals surface area contributed by atoms with Crippen LogP contribution in [-0.4, -0.2) is 67.3 Å². The van der Waals surface area contributed by atoms with Gasteiger partial charge < -0.3 is 4.90 Å². The van der Waals surface area contributed by atoms with Crippen LogP contribution in [0.1, 0.15) is 11.3 Å². The van der Waals surface area contributed by atoms with Crippen LogP contribution in [0.5, 0.6) is 0 Å². The Morgan fingerprint density at radius 1 is 1.33 bits per heavy atom. The first kappa shape index (κ1) is 15.9. The predicted molar refractivity (Wildman–Crippen MR) is 80.5 cm³/mol. The second kappa shape index (κ2) is 6.53. The number of likely N-dealkylation sites (N-methyl/N-ethyl adjacent to an activating group) is 1. The molecule has 0 aliphatic carbocycles. The topological polar surface area (TPSA) is 70.6 Å². The van der Waals surface area contributed by atoms with E-state index in [-0.39, 0.29) is 24.0 Å². The van der Waals surface area contributed by atoms with Crippen LogP contribution in [-0.2, 0) is 21.2 Å². The second-order valence-corrected chi connectivity index (χ2v) is 7.81. The van der Waals surface area contributed by atoms with Gasteiger partial charge in [-0.05, 0) is 18.6 Å². The summed E-state index contributed by atoms with van der Waals surface area (Å²) in [5.41, 5.74) is 1.93. The van der Waals surface area contributed by atoms with Gasteiger partial charge in [-0.1, -0.05) is 6.07 Å². The van der Waals surface area contributed by atoms with Crippen LogP contribution in [0.3, 0.4) is 0 Å². The summed E-state index contributed by atoms with van der Waals surface area (Å²) in [5.74, 6) is 0.268. The van der Waals surface area contributed by atoms with E-state index in [9.17, 15) is 13.2 Å². The van der Waals surface area contributed by atoms with E-state index in [2.05, 4.69) is 4.98 Å². The lowest BCUT2D eigenvalue weighted by molar-refractivity contribution is -0.131. The van der Waals surface area contributed by atoms with Crippen molar-refractivity contribution in [3.05, 3.63) is 29.6 Å². The first-order valence-electron chi connectivity index (χ1n) is 6.94. The number of nitrogens with zero attached hydrogens (tertiary/aromatic N) is 3. The van der Waals surface area contributed by atoms with Crippen molar-refractivity contribution in [3.8, 4) is 0 Å². The SMILES string of the molecule is Cc1ccc(CN(C)C(=O)CN2CCS(=O)(=O)CC2)nc1. The van der Waals surface area contributed by atoms with Gasteiger partial charge in [0.05, 0.1) is 30.3 Å². The van der Waals surface area contributed by atoms with Crippen molar-refractivity contribution in [1.82, 2.24) is 14.8 Å². The highest BCUT2D eigenvalue weighted by Crippen LogP contribution is 2.06. The molecule has 1 fully saturated rings. The van der Waals surface area contributed by atoms with Crippen LogP contribution >= 0.6 is 0 Å². The van der Waals surface area contributed by atoms with Gasteiger partial charge in [0, 0.05) is 26.3 Å². The van der Waals surface area contributed by atoms with E-state index >= 15 is 0 Å². The standard InChI is InChI=1S/C14H21N3O3S/c1-12-3-4-13(15-9-12)10-16(2)14(18)11-17-5-7-21(19,20)8-6-17/h3-4,9H,5-8,10-11H2,1-2H3.